The van der Waals surface area contributed by atoms with E-state index in [1.165, 1.54) is 16.3 Å². The van der Waals surface area contributed by atoms with E-state index in [1.54, 1.807) is 11.8 Å². The number of hydrogen-bond donors (Lipinski definition) is 1. The second-order valence-electron chi connectivity index (χ2n) is 4.95. The topological polar surface area (TPSA) is 56.3 Å². The summed E-state index contributed by atoms with van der Waals surface area (Å²) in [6.07, 6.45) is 3.17. The third-order valence-electron chi connectivity index (χ3n) is 3.50. The Hall–Kier alpha value is -0.900. The minimum absolute atomic E-state index is 0.447. The molecule has 6 heteroatoms. The minimum atomic E-state index is 0.447. The number of rotatable bonds is 2. The lowest BCUT2D eigenvalue weighted by Gasteiger charge is -2.29. The SMILES string of the molecule is CSc1c(N2CCCN(C)CC2C)sc(C#N)c1N. The van der Waals surface area contributed by atoms with Crippen molar-refractivity contribution in [3.8, 4) is 6.07 Å². The second-order valence-corrected chi connectivity index (χ2v) is 6.77. The van der Waals surface area contributed by atoms with Crippen LogP contribution in [0.5, 0.6) is 0 Å². The van der Waals surface area contributed by atoms with E-state index in [0.29, 0.717) is 16.6 Å². The van der Waals surface area contributed by atoms with Crippen LogP contribution in [-0.2, 0) is 0 Å². The fraction of sp³-hybridized carbons (Fsp3) is 0.615. The zero-order chi connectivity index (χ0) is 14.0. The molecule has 1 aromatic heterocycles. The maximum absolute atomic E-state index is 9.16. The number of nitriles is 1. The standard InChI is InChI=1S/C13H20N4S2/c1-9-8-16(2)5-4-6-17(9)13-12(18-3)11(15)10(7-14)19-13/h9H,4-6,8,15H2,1-3H3. The predicted octanol–water partition coefficient (Wildman–Crippen LogP) is 2.45. The van der Waals surface area contributed by atoms with E-state index < -0.39 is 0 Å². The molecule has 1 aliphatic heterocycles. The molecule has 0 amide bonds. The average Bonchev–Trinajstić information content (AvgIpc) is 2.59. The first-order valence-electron chi connectivity index (χ1n) is 6.40. The van der Waals surface area contributed by atoms with Crippen LogP contribution >= 0.6 is 23.1 Å². The summed E-state index contributed by atoms with van der Waals surface area (Å²) in [4.78, 5) is 6.49. The Balaban J connectivity index is 2.37. The van der Waals surface area contributed by atoms with Crippen LogP contribution in [0, 0.1) is 11.3 Å². The van der Waals surface area contributed by atoms with Gasteiger partial charge in [-0.2, -0.15) is 5.26 Å². The molecule has 1 atom stereocenters. The molecule has 1 aromatic rings. The number of thiophene rings is 1. The Morgan fingerprint density at radius 1 is 1.47 bits per heavy atom. The highest BCUT2D eigenvalue weighted by molar-refractivity contribution is 7.99. The maximum Gasteiger partial charge on any atom is 0.131 e. The number of nitrogen functional groups attached to an aromatic ring is 1. The summed E-state index contributed by atoms with van der Waals surface area (Å²) in [5, 5.41) is 10.3. The highest BCUT2D eigenvalue weighted by Gasteiger charge is 2.26. The van der Waals surface area contributed by atoms with E-state index in [9.17, 15) is 0 Å². The smallest absolute Gasteiger partial charge is 0.131 e. The van der Waals surface area contributed by atoms with Gasteiger partial charge in [-0.1, -0.05) is 0 Å². The van der Waals surface area contributed by atoms with Crippen LogP contribution in [0.25, 0.3) is 0 Å². The van der Waals surface area contributed by atoms with Crippen molar-refractivity contribution >= 4 is 33.8 Å². The summed E-state index contributed by atoms with van der Waals surface area (Å²) in [7, 11) is 2.17. The minimum Gasteiger partial charge on any atom is -0.396 e. The van der Waals surface area contributed by atoms with Gasteiger partial charge in [0.1, 0.15) is 15.9 Å². The summed E-state index contributed by atoms with van der Waals surface area (Å²) in [6, 6.07) is 2.66. The molecule has 104 valence electrons. The van der Waals surface area contributed by atoms with Crippen LogP contribution in [0.1, 0.15) is 18.2 Å². The number of nitrogens with zero attached hydrogens (tertiary/aromatic N) is 3. The Kier molecular flexibility index (Phi) is 4.61. The van der Waals surface area contributed by atoms with Crippen LogP contribution in [0.4, 0.5) is 10.7 Å². The molecule has 2 N–H and O–H groups in total. The van der Waals surface area contributed by atoms with Crippen molar-refractivity contribution in [2.75, 3.05) is 43.6 Å². The summed E-state index contributed by atoms with van der Waals surface area (Å²) in [5.74, 6) is 0. The van der Waals surface area contributed by atoms with E-state index in [1.807, 2.05) is 6.26 Å². The molecule has 1 saturated heterocycles. The Bertz CT molecular complexity index is 492. The Morgan fingerprint density at radius 3 is 2.84 bits per heavy atom. The predicted molar refractivity (Wildman–Crippen MR) is 84.1 cm³/mol. The molecule has 0 bridgehead atoms. The molecule has 1 aliphatic rings. The summed E-state index contributed by atoms with van der Waals surface area (Å²) >= 11 is 3.17. The molecule has 2 heterocycles. The lowest BCUT2D eigenvalue weighted by molar-refractivity contribution is 0.337. The van der Waals surface area contributed by atoms with Crippen LogP contribution in [0.15, 0.2) is 4.90 Å². The van der Waals surface area contributed by atoms with Gasteiger partial charge in [-0.05, 0) is 33.2 Å². The third kappa shape index (κ3) is 2.83. The summed E-state index contributed by atoms with van der Waals surface area (Å²) in [5.41, 5.74) is 6.73. The van der Waals surface area contributed by atoms with Gasteiger partial charge in [0.15, 0.2) is 0 Å². The van der Waals surface area contributed by atoms with Gasteiger partial charge in [-0.15, -0.1) is 23.1 Å². The molecule has 0 aliphatic carbocycles. The van der Waals surface area contributed by atoms with E-state index in [0.717, 1.165) is 31.0 Å². The van der Waals surface area contributed by atoms with Crippen molar-refractivity contribution in [3.63, 3.8) is 0 Å². The van der Waals surface area contributed by atoms with Crippen LogP contribution in [-0.4, -0.2) is 43.9 Å². The van der Waals surface area contributed by atoms with Crippen molar-refractivity contribution < 1.29 is 0 Å². The van der Waals surface area contributed by atoms with Crippen molar-refractivity contribution in [1.82, 2.24) is 4.90 Å². The van der Waals surface area contributed by atoms with Crippen molar-refractivity contribution in [1.29, 1.82) is 5.26 Å². The third-order valence-corrected chi connectivity index (χ3v) is 5.59. The molecule has 2 rings (SSSR count). The number of nitrogens with two attached hydrogens (primary N) is 1. The highest BCUT2D eigenvalue weighted by atomic mass is 32.2. The molecular formula is C13H20N4S2. The largest absolute Gasteiger partial charge is 0.396 e. The van der Waals surface area contributed by atoms with Gasteiger partial charge in [-0.3, -0.25) is 0 Å². The normalized spacial score (nSPS) is 21.2. The molecule has 0 radical (unpaired) electrons. The zero-order valence-electron chi connectivity index (χ0n) is 11.6. The quantitative estimate of drug-likeness (QED) is 0.850. The highest BCUT2D eigenvalue weighted by Crippen LogP contribution is 2.44. The average molecular weight is 296 g/mol. The molecule has 1 fully saturated rings. The fourth-order valence-corrected chi connectivity index (χ4v) is 4.66. The Labute approximate surface area is 123 Å². The van der Waals surface area contributed by atoms with Gasteiger partial charge in [-0.25, -0.2) is 0 Å². The van der Waals surface area contributed by atoms with Crippen LogP contribution < -0.4 is 10.6 Å². The van der Waals surface area contributed by atoms with Gasteiger partial charge < -0.3 is 15.5 Å². The molecule has 4 nitrogen and oxygen atoms in total. The maximum atomic E-state index is 9.16. The number of thioether (sulfide) groups is 1. The Morgan fingerprint density at radius 2 is 2.21 bits per heavy atom. The first kappa shape index (κ1) is 14.5. The second kappa shape index (κ2) is 6.04. The number of likely N-dealkylation sites (N-methyl/N-ethyl adjacent to an activating group) is 1. The van der Waals surface area contributed by atoms with E-state index >= 15 is 0 Å². The lowest BCUT2D eigenvalue weighted by Crippen LogP contribution is -2.37. The number of anilines is 2. The van der Waals surface area contributed by atoms with Crippen LogP contribution in [0.2, 0.25) is 0 Å². The fourth-order valence-electron chi connectivity index (χ4n) is 2.56. The van der Waals surface area contributed by atoms with Gasteiger partial charge in [0, 0.05) is 19.1 Å². The first-order valence-corrected chi connectivity index (χ1v) is 8.44. The summed E-state index contributed by atoms with van der Waals surface area (Å²) in [6.45, 7) is 5.45. The first-order chi connectivity index (χ1) is 9.08. The number of hydrogen-bond acceptors (Lipinski definition) is 6. The molecule has 1 unspecified atom stereocenters. The zero-order valence-corrected chi connectivity index (χ0v) is 13.3. The van der Waals surface area contributed by atoms with Crippen LogP contribution in [0.3, 0.4) is 0 Å². The summed E-state index contributed by atoms with van der Waals surface area (Å²) < 4.78 is 0. The molecular weight excluding hydrogens is 276 g/mol. The van der Waals surface area contributed by atoms with Crippen molar-refractivity contribution in [2.24, 2.45) is 0 Å². The monoisotopic (exact) mass is 296 g/mol. The lowest BCUT2D eigenvalue weighted by atomic mass is 10.3. The van der Waals surface area contributed by atoms with Crippen molar-refractivity contribution in [2.45, 2.75) is 24.3 Å². The van der Waals surface area contributed by atoms with Gasteiger partial charge in [0.2, 0.25) is 0 Å². The van der Waals surface area contributed by atoms with E-state index in [2.05, 4.69) is 29.8 Å². The van der Waals surface area contributed by atoms with Gasteiger partial charge in [0.25, 0.3) is 0 Å². The molecule has 0 aromatic carbocycles. The van der Waals surface area contributed by atoms with Gasteiger partial charge in [0.05, 0.1) is 10.6 Å². The molecule has 19 heavy (non-hydrogen) atoms. The van der Waals surface area contributed by atoms with Crippen molar-refractivity contribution in [3.05, 3.63) is 4.88 Å². The molecule has 0 saturated carbocycles. The van der Waals surface area contributed by atoms with Gasteiger partial charge >= 0.3 is 0 Å². The molecule has 0 spiro atoms. The van der Waals surface area contributed by atoms with E-state index in [-0.39, 0.29) is 0 Å². The van der Waals surface area contributed by atoms with E-state index in [4.69, 9.17) is 11.0 Å².